The van der Waals surface area contributed by atoms with E-state index in [9.17, 15) is 4.79 Å². The zero-order chi connectivity index (χ0) is 16.1. The lowest BCUT2D eigenvalue weighted by molar-refractivity contribution is 0.0676. The molecule has 0 bridgehead atoms. The van der Waals surface area contributed by atoms with Crippen LogP contribution in [0.2, 0.25) is 0 Å². The van der Waals surface area contributed by atoms with Gasteiger partial charge in [-0.15, -0.1) is 0 Å². The highest BCUT2D eigenvalue weighted by molar-refractivity contribution is 5.94. The number of benzene rings is 1. The average molecular weight is 318 g/mol. The molecule has 23 heavy (non-hydrogen) atoms. The van der Waals surface area contributed by atoms with Crippen molar-refractivity contribution in [2.45, 2.75) is 37.8 Å². The van der Waals surface area contributed by atoms with Crippen molar-refractivity contribution in [2.24, 2.45) is 0 Å². The van der Waals surface area contributed by atoms with Crippen LogP contribution in [-0.2, 0) is 4.74 Å². The molecule has 1 N–H and O–H groups in total. The van der Waals surface area contributed by atoms with E-state index in [1.54, 1.807) is 0 Å². The maximum absolute atomic E-state index is 12.6. The number of likely N-dealkylation sites (tertiary alicyclic amines) is 1. The van der Waals surface area contributed by atoms with Gasteiger partial charge in [-0.3, -0.25) is 4.79 Å². The molecule has 126 valence electrons. The Labute approximate surface area is 137 Å². The van der Waals surface area contributed by atoms with E-state index in [1.807, 2.05) is 36.2 Å². The van der Waals surface area contributed by atoms with Gasteiger partial charge < -0.3 is 19.7 Å². The first-order chi connectivity index (χ1) is 11.3. The number of carbonyl (C=O) groups excluding carboxylic acids is 1. The lowest BCUT2D eigenvalue weighted by Crippen LogP contribution is -2.46. The Hall–Kier alpha value is -1.59. The monoisotopic (exact) mass is 318 g/mol. The molecule has 1 amide bonds. The molecule has 1 aromatic carbocycles. The van der Waals surface area contributed by atoms with Crippen LogP contribution in [0, 0.1) is 0 Å². The van der Waals surface area contributed by atoms with Crippen molar-refractivity contribution in [1.29, 1.82) is 0 Å². The molecule has 2 atom stereocenters. The number of hydrogen-bond donors (Lipinski definition) is 1. The van der Waals surface area contributed by atoms with E-state index >= 15 is 0 Å². The second kappa shape index (κ2) is 7.79. The first kappa shape index (κ1) is 16.3. The molecular weight excluding hydrogens is 292 g/mol. The van der Waals surface area contributed by atoms with Gasteiger partial charge in [-0.05, 0) is 57.0 Å². The highest BCUT2D eigenvalue weighted by atomic mass is 16.5. The quantitative estimate of drug-likeness (QED) is 0.903. The Balaban J connectivity index is 1.54. The topological polar surface area (TPSA) is 50.8 Å². The second-order valence-corrected chi connectivity index (χ2v) is 6.35. The number of hydrogen-bond acceptors (Lipinski definition) is 4. The molecule has 0 spiro atoms. The molecule has 2 fully saturated rings. The highest BCUT2D eigenvalue weighted by Crippen LogP contribution is 2.19. The van der Waals surface area contributed by atoms with Crippen LogP contribution < -0.4 is 10.1 Å². The van der Waals surface area contributed by atoms with Crippen LogP contribution in [-0.4, -0.2) is 56.3 Å². The SMILES string of the molecule is CNC1CCCN(C(=O)c2ccc(OCC3CCCO3)cc2)C1. The van der Waals surface area contributed by atoms with Gasteiger partial charge in [-0.25, -0.2) is 0 Å². The molecule has 0 aromatic heterocycles. The van der Waals surface area contributed by atoms with Crippen molar-refractivity contribution in [1.82, 2.24) is 10.2 Å². The number of likely N-dealkylation sites (N-methyl/N-ethyl adjacent to an activating group) is 1. The summed E-state index contributed by atoms with van der Waals surface area (Å²) in [5.74, 6) is 0.902. The maximum Gasteiger partial charge on any atom is 0.253 e. The van der Waals surface area contributed by atoms with Crippen molar-refractivity contribution in [3.05, 3.63) is 29.8 Å². The Kier molecular flexibility index (Phi) is 5.51. The lowest BCUT2D eigenvalue weighted by Gasteiger charge is -2.32. The van der Waals surface area contributed by atoms with E-state index in [2.05, 4.69) is 5.32 Å². The number of amides is 1. The van der Waals surface area contributed by atoms with Crippen LogP contribution in [0.5, 0.6) is 5.75 Å². The van der Waals surface area contributed by atoms with Crippen molar-refractivity contribution >= 4 is 5.91 Å². The first-order valence-corrected chi connectivity index (χ1v) is 8.57. The molecule has 3 rings (SSSR count). The highest BCUT2D eigenvalue weighted by Gasteiger charge is 2.23. The van der Waals surface area contributed by atoms with E-state index < -0.39 is 0 Å². The fourth-order valence-electron chi connectivity index (χ4n) is 3.24. The fraction of sp³-hybridized carbons (Fsp3) is 0.611. The minimum Gasteiger partial charge on any atom is -0.491 e. The van der Waals surface area contributed by atoms with Crippen LogP contribution in [0.25, 0.3) is 0 Å². The first-order valence-electron chi connectivity index (χ1n) is 8.57. The number of ether oxygens (including phenoxy) is 2. The molecule has 5 heteroatoms. The molecule has 2 unspecified atom stereocenters. The minimum absolute atomic E-state index is 0.107. The summed E-state index contributed by atoms with van der Waals surface area (Å²) in [5, 5.41) is 3.27. The molecule has 0 saturated carbocycles. The normalized spacial score (nSPS) is 24.7. The second-order valence-electron chi connectivity index (χ2n) is 6.35. The van der Waals surface area contributed by atoms with Gasteiger partial charge in [-0.1, -0.05) is 0 Å². The van der Waals surface area contributed by atoms with Gasteiger partial charge in [0, 0.05) is 31.3 Å². The third-order valence-corrected chi connectivity index (χ3v) is 4.68. The zero-order valence-electron chi connectivity index (χ0n) is 13.8. The van der Waals surface area contributed by atoms with Gasteiger partial charge in [0.2, 0.25) is 0 Å². The number of rotatable bonds is 5. The van der Waals surface area contributed by atoms with Crippen LogP contribution in [0.15, 0.2) is 24.3 Å². The molecule has 2 aliphatic rings. The van der Waals surface area contributed by atoms with E-state index in [0.717, 1.165) is 56.7 Å². The molecule has 0 radical (unpaired) electrons. The van der Waals surface area contributed by atoms with Crippen molar-refractivity contribution < 1.29 is 14.3 Å². The van der Waals surface area contributed by atoms with Gasteiger partial charge in [-0.2, -0.15) is 0 Å². The number of piperidine rings is 1. The average Bonchev–Trinajstić information content (AvgIpc) is 3.13. The Morgan fingerprint density at radius 2 is 2.13 bits per heavy atom. The lowest BCUT2D eigenvalue weighted by atomic mass is 10.0. The maximum atomic E-state index is 12.6. The minimum atomic E-state index is 0.107. The summed E-state index contributed by atoms with van der Waals surface area (Å²) < 4.78 is 11.3. The van der Waals surface area contributed by atoms with Crippen molar-refractivity contribution in [3.63, 3.8) is 0 Å². The molecular formula is C18H26N2O3. The van der Waals surface area contributed by atoms with Gasteiger partial charge in [0.25, 0.3) is 5.91 Å². The molecule has 2 aliphatic heterocycles. The summed E-state index contributed by atoms with van der Waals surface area (Å²) in [6.45, 7) is 3.05. The number of nitrogens with zero attached hydrogens (tertiary/aromatic N) is 1. The molecule has 5 nitrogen and oxygen atoms in total. The van der Waals surface area contributed by atoms with Crippen molar-refractivity contribution in [3.8, 4) is 5.75 Å². The fourth-order valence-corrected chi connectivity index (χ4v) is 3.24. The Morgan fingerprint density at radius 1 is 1.30 bits per heavy atom. The van der Waals surface area contributed by atoms with Gasteiger partial charge in [0.05, 0.1) is 6.10 Å². The molecule has 1 aromatic rings. The molecule has 2 heterocycles. The standard InChI is InChI=1S/C18H26N2O3/c1-19-15-4-2-10-20(12-15)18(21)14-6-8-16(9-7-14)23-13-17-5-3-11-22-17/h6-9,15,17,19H,2-5,10-13H2,1H3. The summed E-state index contributed by atoms with van der Waals surface area (Å²) in [4.78, 5) is 14.5. The van der Waals surface area contributed by atoms with Crippen molar-refractivity contribution in [2.75, 3.05) is 33.4 Å². The van der Waals surface area contributed by atoms with E-state index in [-0.39, 0.29) is 12.0 Å². The van der Waals surface area contributed by atoms with Crippen LogP contribution in [0.1, 0.15) is 36.0 Å². The third kappa shape index (κ3) is 4.24. The van der Waals surface area contributed by atoms with Gasteiger partial charge in [0.15, 0.2) is 0 Å². The van der Waals surface area contributed by atoms with E-state index in [1.165, 1.54) is 0 Å². The third-order valence-electron chi connectivity index (χ3n) is 4.68. The summed E-state index contributed by atoms with van der Waals surface area (Å²) in [6.07, 6.45) is 4.59. The van der Waals surface area contributed by atoms with Gasteiger partial charge >= 0.3 is 0 Å². The molecule has 2 saturated heterocycles. The van der Waals surface area contributed by atoms with E-state index in [4.69, 9.17) is 9.47 Å². The smallest absolute Gasteiger partial charge is 0.253 e. The predicted molar refractivity (Wildman–Crippen MR) is 88.9 cm³/mol. The summed E-state index contributed by atoms with van der Waals surface area (Å²) >= 11 is 0. The van der Waals surface area contributed by atoms with Crippen LogP contribution in [0.3, 0.4) is 0 Å². The van der Waals surface area contributed by atoms with Gasteiger partial charge in [0.1, 0.15) is 12.4 Å². The number of nitrogens with one attached hydrogen (secondary N) is 1. The Morgan fingerprint density at radius 3 is 2.83 bits per heavy atom. The molecule has 0 aliphatic carbocycles. The Bertz CT molecular complexity index is 512. The summed E-state index contributed by atoms with van der Waals surface area (Å²) in [6, 6.07) is 7.87. The van der Waals surface area contributed by atoms with E-state index in [0.29, 0.717) is 12.6 Å². The summed E-state index contributed by atoms with van der Waals surface area (Å²) in [5.41, 5.74) is 0.728. The van der Waals surface area contributed by atoms with Crippen LogP contribution in [0.4, 0.5) is 0 Å². The predicted octanol–water partition coefficient (Wildman–Crippen LogP) is 2.07. The number of carbonyl (C=O) groups is 1. The van der Waals surface area contributed by atoms with Crippen LogP contribution >= 0.6 is 0 Å². The summed E-state index contributed by atoms with van der Waals surface area (Å²) in [7, 11) is 1.96. The largest absolute Gasteiger partial charge is 0.491 e. The zero-order valence-corrected chi connectivity index (χ0v) is 13.8.